The third-order valence-electron chi connectivity index (χ3n) is 8.12. The van der Waals surface area contributed by atoms with Crippen LogP contribution in [0.4, 0.5) is 5.82 Å². The van der Waals surface area contributed by atoms with E-state index in [0.717, 1.165) is 54.9 Å². The number of carbonyl (C=O) groups excluding carboxylic acids is 1. The highest BCUT2D eigenvalue weighted by Crippen LogP contribution is 2.39. The van der Waals surface area contributed by atoms with Gasteiger partial charge < -0.3 is 11.1 Å². The molecule has 7 nitrogen and oxygen atoms in total. The maximum absolute atomic E-state index is 12.0. The van der Waals surface area contributed by atoms with Crippen LogP contribution in [0.15, 0.2) is 24.3 Å². The minimum Gasteiger partial charge on any atom is -0.368 e. The van der Waals surface area contributed by atoms with Gasteiger partial charge >= 0.3 is 0 Å². The van der Waals surface area contributed by atoms with E-state index in [1.807, 2.05) is 38.1 Å². The molecular formula is C28H44N6O. The number of nitrogens with two attached hydrogens (primary N) is 1. The van der Waals surface area contributed by atoms with Crippen molar-refractivity contribution in [2.45, 2.75) is 78.9 Å². The number of hydrogen-bond donors (Lipinski definition) is 2. The van der Waals surface area contributed by atoms with Gasteiger partial charge in [-0.1, -0.05) is 46.8 Å². The molecule has 2 fully saturated rings. The molecule has 0 radical (unpaired) electrons. The van der Waals surface area contributed by atoms with E-state index in [-0.39, 0.29) is 11.8 Å². The van der Waals surface area contributed by atoms with E-state index in [4.69, 9.17) is 15.7 Å². The van der Waals surface area contributed by atoms with E-state index >= 15 is 0 Å². The summed E-state index contributed by atoms with van der Waals surface area (Å²) in [6, 6.07) is 8.23. The number of amides is 1. The van der Waals surface area contributed by atoms with Crippen LogP contribution in [-0.2, 0) is 11.3 Å². The fraction of sp³-hybridized carbons (Fsp3) is 0.679. The first-order valence-electron chi connectivity index (χ1n) is 13.4. The number of anilines is 1. The summed E-state index contributed by atoms with van der Waals surface area (Å²) in [6.07, 6.45) is 5.39. The van der Waals surface area contributed by atoms with Gasteiger partial charge in [0, 0.05) is 37.6 Å². The van der Waals surface area contributed by atoms with E-state index in [1.54, 1.807) is 0 Å². The van der Waals surface area contributed by atoms with Crippen molar-refractivity contribution in [1.29, 1.82) is 0 Å². The number of fused-ring (bicyclic) bond motifs is 1. The van der Waals surface area contributed by atoms with Crippen molar-refractivity contribution in [2.24, 2.45) is 23.0 Å². The van der Waals surface area contributed by atoms with Crippen molar-refractivity contribution in [2.75, 3.05) is 31.5 Å². The number of nitrogens with one attached hydrogen (secondary N) is 1. The van der Waals surface area contributed by atoms with Gasteiger partial charge in [0.25, 0.3) is 0 Å². The molecule has 1 aliphatic heterocycles. The standard InChI is InChI=1S/C28H44N6O/c1-19(2)25(26(29)35)32-27-22-8-6-7-9-23(22)30-24(31-27)18-33-14-16-34(17-15-33)21-12-10-20(11-13-21)28(3,4)5/h6-9,19-21,25H,10-18H2,1-5H3,(H2,29,35)(H,30,31,32)/t20?,21?,25-/m0/s1. The van der Waals surface area contributed by atoms with Crippen molar-refractivity contribution < 1.29 is 4.79 Å². The minimum atomic E-state index is -0.474. The molecule has 4 rings (SSSR count). The van der Waals surface area contributed by atoms with Gasteiger partial charge in [-0.05, 0) is 55.1 Å². The fourth-order valence-corrected chi connectivity index (χ4v) is 5.81. The molecule has 1 aliphatic carbocycles. The number of piperazine rings is 1. The lowest BCUT2D eigenvalue weighted by atomic mass is 9.71. The molecular weight excluding hydrogens is 436 g/mol. The number of rotatable bonds is 7. The fourth-order valence-electron chi connectivity index (χ4n) is 5.81. The topological polar surface area (TPSA) is 87.4 Å². The number of benzene rings is 1. The molecule has 7 heteroatoms. The molecule has 1 aromatic heterocycles. The minimum absolute atomic E-state index is 0.0659. The summed E-state index contributed by atoms with van der Waals surface area (Å²) in [6.45, 7) is 16.2. The highest BCUT2D eigenvalue weighted by atomic mass is 16.1. The molecule has 3 N–H and O–H groups in total. The third kappa shape index (κ3) is 6.31. The highest BCUT2D eigenvalue weighted by Gasteiger charge is 2.33. The first kappa shape index (κ1) is 25.8. The molecule has 1 atom stereocenters. The third-order valence-corrected chi connectivity index (χ3v) is 8.12. The molecule has 192 valence electrons. The van der Waals surface area contributed by atoms with Crippen molar-refractivity contribution in [3.05, 3.63) is 30.1 Å². The van der Waals surface area contributed by atoms with Gasteiger partial charge in [-0.2, -0.15) is 0 Å². The zero-order chi connectivity index (χ0) is 25.2. The van der Waals surface area contributed by atoms with E-state index < -0.39 is 6.04 Å². The van der Waals surface area contributed by atoms with Crippen molar-refractivity contribution in [3.63, 3.8) is 0 Å². The number of primary amides is 1. The van der Waals surface area contributed by atoms with Crippen LogP contribution < -0.4 is 11.1 Å². The average molecular weight is 481 g/mol. The van der Waals surface area contributed by atoms with Gasteiger partial charge in [0.15, 0.2) is 0 Å². The molecule has 0 unspecified atom stereocenters. The quantitative estimate of drug-likeness (QED) is 0.615. The van der Waals surface area contributed by atoms with Crippen LogP contribution in [0, 0.1) is 17.3 Å². The predicted molar refractivity (Wildman–Crippen MR) is 143 cm³/mol. The molecule has 2 heterocycles. The molecule has 2 aliphatic rings. The largest absolute Gasteiger partial charge is 0.368 e. The van der Waals surface area contributed by atoms with E-state index in [9.17, 15) is 4.79 Å². The highest BCUT2D eigenvalue weighted by molar-refractivity contribution is 5.91. The summed E-state index contributed by atoms with van der Waals surface area (Å²) in [5, 5.41) is 4.23. The Bertz CT molecular complexity index is 1000. The second-order valence-electron chi connectivity index (χ2n) is 12.0. The number of aromatic nitrogens is 2. The van der Waals surface area contributed by atoms with Crippen molar-refractivity contribution in [1.82, 2.24) is 19.8 Å². The normalized spacial score (nSPS) is 23.5. The molecule has 2 aromatic rings. The van der Waals surface area contributed by atoms with Crippen LogP contribution >= 0.6 is 0 Å². The first-order valence-corrected chi connectivity index (χ1v) is 13.4. The summed E-state index contributed by atoms with van der Waals surface area (Å²) < 4.78 is 0. The molecule has 1 aromatic carbocycles. The Kier molecular flexibility index (Phi) is 7.96. The number of carbonyl (C=O) groups is 1. The van der Waals surface area contributed by atoms with Crippen molar-refractivity contribution >= 4 is 22.6 Å². The second kappa shape index (κ2) is 10.8. The van der Waals surface area contributed by atoms with Crippen LogP contribution in [0.3, 0.4) is 0 Å². The summed E-state index contributed by atoms with van der Waals surface area (Å²) in [7, 11) is 0. The Balaban J connectivity index is 1.39. The Hall–Kier alpha value is -2.25. The second-order valence-corrected chi connectivity index (χ2v) is 12.0. The van der Waals surface area contributed by atoms with Gasteiger partial charge in [-0.3, -0.25) is 14.6 Å². The van der Waals surface area contributed by atoms with E-state index in [1.165, 1.54) is 25.7 Å². The maximum atomic E-state index is 12.0. The first-order chi connectivity index (χ1) is 16.6. The predicted octanol–water partition coefficient (Wildman–Crippen LogP) is 4.27. The molecule has 1 saturated carbocycles. The Morgan fingerprint density at radius 2 is 1.71 bits per heavy atom. The van der Waals surface area contributed by atoms with Crippen LogP contribution in [0.1, 0.15) is 66.1 Å². The molecule has 0 bridgehead atoms. The Morgan fingerprint density at radius 3 is 2.31 bits per heavy atom. The smallest absolute Gasteiger partial charge is 0.240 e. The Morgan fingerprint density at radius 1 is 1.06 bits per heavy atom. The molecule has 1 amide bonds. The summed E-state index contributed by atoms with van der Waals surface area (Å²) in [5.41, 5.74) is 6.99. The lowest BCUT2D eigenvalue weighted by molar-refractivity contribution is -0.119. The summed E-state index contributed by atoms with van der Waals surface area (Å²) in [5.74, 6) is 2.04. The molecule has 1 saturated heterocycles. The number of nitrogens with zero attached hydrogens (tertiary/aromatic N) is 4. The van der Waals surface area contributed by atoms with Crippen LogP contribution in [0.5, 0.6) is 0 Å². The van der Waals surface area contributed by atoms with Gasteiger partial charge in [-0.15, -0.1) is 0 Å². The van der Waals surface area contributed by atoms with Gasteiger partial charge in [0.05, 0.1) is 12.1 Å². The van der Waals surface area contributed by atoms with E-state index in [2.05, 4.69) is 35.9 Å². The SMILES string of the molecule is CC(C)[C@H](Nc1nc(CN2CCN(C3CCC(C(C)(C)C)CC3)CC2)nc2ccccc12)C(N)=O. The number of hydrogen-bond acceptors (Lipinski definition) is 6. The molecule has 35 heavy (non-hydrogen) atoms. The van der Waals surface area contributed by atoms with E-state index in [0.29, 0.717) is 17.8 Å². The summed E-state index contributed by atoms with van der Waals surface area (Å²) in [4.78, 5) is 26.9. The van der Waals surface area contributed by atoms with Crippen LogP contribution in [0.25, 0.3) is 10.9 Å². The summed E-state index contributed by atoms with van der Waals surface area (Å²) >= 11 is 0. The lowest BCUT2D eigenvalue weighted by Crippen LogP contribution is -2.51. The number of para-hydroxylation sites is 1. The molecule has 0 spiro atoms. The zero-order valence-corrected chi connectivity index (χ0v) is 22.3. The van der Waals surface area contributed by atoms with Crippen LogP contribution in [-0.4, -0.2) is 63.9 Å². The van der Waals surface area contributed by atoms with Crippen molar-refractivity contribution in [3.8, 4) is 0 Å². The Labute approximate surface area is 210 Å². The average Bonchev–Trinajstić information content (AvgIpc) is 2.82. The zero-order valence-electron chi connectivity index (χ0n) is 22.3. The lowest BCUT2D eigenvalue weighted by Gasteiger charge is -2.44. The monoisotopic (exact) mass is 480 g/mol. The van der Waals surface area contributed by atoms with Crippen LogP contribution in [0.2, 0.25) is 0 Å². The van der Waals surface area contributed by atoms with Gasteiger partial charge in [0.1, 0.15) is 17.7 Å². The van der Waals surface area contributed by atoms with Gasteiger partial charge in [0.2, 0.25) is 5.91 Å². The van der Waals surface area contributed by atoms with Gasteiger partial charge in [-0.25, -0.2) is 9.97 Å². The maximum Gasteiger partial charge on any atom is 0.240 e.